The molecule has 3 N–H and O–H groups in total. The summed E-state index contributed by atoms with van der Waals surface area (Å²) in [5.41, 5.74) is 1.41. The number of amides is 1. The number of rotatable bonds is 4. The van der Waals surface area contributed by atoms with Crippen molar-refractivity contribution < 1.29 is 14.3 Å². The summed E-state index contributed by atoms with van der Waals surface area (Å²) in [6.45, 7) is 0.261. The smallest absolute Gasteiger partial charge is 0.408 e. The normalized spacial score (nSPS) is 16.5. The number of fused-ring (bicyclic) bond motifs is 1. The molecule has 1 saturated carbocycles. The molecule has 0 bridgehead atoms. The highest BCUT2D eigenvalue weighted by atomic mass is 16.4. The maximum absolute atomic E-state index is 11.9. The number of aromatic amines is 1. The van der Waals surface area contributed by atoms with Crippen LogP contribution in [0.2, 0.25) is 0 Å². The van der Waals surface area contributed by atoms with Gasteiger partial charge in [0, 0.05) is 6.54 Å². The molecule has 0 atom stereocenters. The van der Waals surface area contributed by atoms with Crippen LogP contribution in [0.5, 0.6) is 0 Å². The molecule has 0 radical (unpaired) electrons. The van der Waals surface area contributed by atoms with E-state index in [1.807, 2.05) is 0 Å². The SMILES string of the molecule is O=C(NCc1ccc2oc(=O)[nH]c2c1)C1(CO)CC1. The van der Waals surface area contributed by atoms with Crippen LogP contribution >= 0.6 is 0 Å². The van der Waals surface area contributed by atoms with Crippen molar-refractivity contribution in [3.63, 3.8) is 0 Å². The monoisotopic (exact) mass is 262 g/mol. The Morgan fingerprint density at radius 1 is 1.47 bits per heavy atom. The Bertz CT molecular complexity index is 681. The fraction of sp³-hybridized carbons (Fsp3) is 0.385. The first-order chi connectivity index (χ1) is 9.13. The second-order valence-corrected chi connectivity index (χ2v) is 4.97. The molecule has 2 aromatic rings. The van der Waals surface area contributed by atoms with Gasteiger partial charge < -0.3 is 14.8 Å². The van der Waals surface area contributed by atoms with E-state index in [4.69, 9.17) is 9.52 Å². The van der Waals surface area contributed by atoms with Crippen molar-refractivity contribution >= 4 is 17.0 Å². The second kappa shape index (κ2) is 4.24. The van der Waals surface area contributed by atoms with E-state index >= 15 is 0 Å². The molecule has 1 heterocycles. The van der Waals surface area contributed by atoms with E-state index in [0.717, 1.165) is 18.4 Å². The van der Waals surface area contributed by atoms with Crippen LogP contribution < -0.4 is 11.1 Å². The average molecular weight is 262 g/mol. The highest BCUT2D eigenvalue weighted by molar-refractivity contribution is 5.85. The van der Waals surface area contributed by atoms with Gasteiger partial charge in [0.05, 0.1) is 17.5 Å². The van der Waals surface area contributed by atoms with Crippen LogP contribution in [0.1, 0.15) is 18.4 Å². The predicted octanol–water partition coefficient (Wildman–Crippen LogP) is 0.510. The predicted molar refractivity (Wildman–Crippen MR) is 67.4 cm³/mol. The second-order valence-electron chi connectivity index (χ2n) is 4.97. The van der Waals surface area contributed by atoms with E-state index in [-0.39, 0.29) is 12.5 Å². The van der Waals surface area contributed by atoms with Crippen LogP contribution in [0.15, 0.2) is 27.4 Å². The summed E-state index contributed by atoms with van der Waals surface area (Å²) in [6.07, 6.45) is 1.48. The summed E-state index contributed by atoms with van der Waals surface area (Å²) in [5, 5.41) is 12.0. The number of carbonyl (C=O) groups excluding carboxylic acids is 1. The van der Waals surface area contributed by atoms with Crippen LogP contribution in [0.25, 0.3) is 11.1 Å². The number of nitrogens with one attached hydrogen (secondary N) is 2. The van der Waals surface area contributed by atoms with Crippen LogP contribution in [0.3, 0.4) is 0 Å². The number of hydrogen-bond acceptors (Lipinski definition) is 4. The Morgan fingerprint density at radius 3 is 2.95 bits per heavy atom. The van der Waals surface area contributed by atoms with Gasteiger partial charge in [0.2, 0.25) is 5.91 Å². The molecule has 1 fully saturated rings. The lowest BCUT2D eigenvalue weighted by Crippen LogP contribution is -2.33. The Labute approximate surface area is 108 Å². The molecular formula is C13H14N2O4. The zero-order chi connectivity index (χ0) is 13.5. The van der Waals surface area contributed by atoms with Gasteiger partial charge in [-0.3, -0.25) is 9.78 Å². The summed E-state index contributed by atoms with van der Waals surface area (Å²) >= 11 is 0. The molecule has 19 heavy (non-hydrogen) atoms. The van der Waals surface area contributed by atoms with E-state index in [0.29, 0.717) is 17.6 Å². The standard InChI is InChI=1S/C13H14N2O4/c16-7-13(3-4-13)11(17)14-6-8-1-2-10-9(5-8)15-12(18)19-10/h1-2,5,16H,3-4,6-7H2,(H,14,17)(H,15,18). The molecule has 1 aromatic carbocycles. The molecule has 0 spiro atoms. The first kappa shape index (κ1) is 12.0. The van der Waals surface area contributed by atoms with Gasteiger partial charge in [-0.15, -0.1) is 0 Å². The van der Waals surface area contributed by atoms with Gasteiger partial charge in [0.25, 0.3) is 0 Å². The van der Waals surface area contributed by atoms with Crippen LogP contribution in [-0.4, -0.2) is 22.6 Å². The maximum atomic E-state index is 11.9. The van der Waals surface area contributed by atoms with Crippen LogP contribution in [-0.2, 0) is 11.3 Å². The van der Waals surface area contributed by atoms with Crippen molar-refractivity contribution in [2.75, 3.05) is 6.61 Å². The molecule has 0 unspecified atom stereocenters. The molecule has 1 amide bonds. The van der Waals surface area contributed by atoms with Gasteiger partial charge in [-0.25, -0.2) is 4.79 Å². The fourth-order valence-electron chi connectivity index (χ4n) is 2.09. The van der Waals surface area contributed by atoms with Crippen molar-refractivity contribution in [1.29, 1.82) is 0 Å². The first-order valence-corrected chi connectivity index (χ1v) is 6.14. The van der Waals surface area contributed by atoms with Gasteiger partial charge >= 0.3 is 5.76 Å². The number of oxazole rings is 1. The number of aliphatic hydroxyl groups excluding tert-OH is 1. The Hall–Kier alpha value is -2.08. The maximum Gasteiger partial charge on any atom is 0.417 e. The van der Waals surface area contributed by atoms with Gasteiger partial charge in [-0.05, 0) is 30.5 Å². The molecule has 1 aromatic heterocycles. The molecule has 100 valence electrons. The van der Waals surface area contributed by atoms with Gasteiger partial charge in [-0.2, -0.15) is 0 Å². The quantitative estimate of drug-likeness (QED) is 0.748. The molecule has 6 heteroatoms. The lowest BCUT2D eigenvalue weighted by atomic mass is 10.1. The fourth-order valence-corrected chi connectivity index (χ4v) is 2.09. The zero-order valence-corrected chi connectivity index (χ0v) is 10.2. The molecule has 3 rings (SSSR count). The molecule has 0 aliphatic heterocycles. The van der Waals surface area contributed by atoms with Crippen LogP contribution in [0, 0.1) is 5.41 Å². The van der Waals surface area contributed by atoms with E-state index in [1.165, 1.54) is 0 Å². The minimum atomic E-state index is -0.561. The van der Waals surface area contributed by atoms with Crippen LogP contribution in [0.4, 0.5) is 0 Å². The van der Waals surface area contributed by atoms with Crippen molar-refractivity contribution in [2.24, 2.45) is 5.41 Å². The van der Waals surface area contributed by atoms with Gasteiger partial charge in [-0.1, -0.05) is 6.07 Å². The topological polar surface area (TPSA) is 95.3 Å². The summed E-state index contributed by atoms with van der Waals surface area (Å²) in [5.74, 6) is -0.607. The Morgan fingerprint density at radius 2 is 2.26 bits per heavy atom. The molecular weight excluding hydrogens is 248 g/mol. The molecule has 1 aliphatic rings. The lowest BCUT2D eigenvalue weighted by molar-refractivity contribution is -0.127. The number of benzene rings is 1. The Kier molecular flexibility index (Phi) is 2.67. The van der Waals surface area contributed by atoms with Crippen molar-refractivity contribution in [1.82, 2.24) is 10.3 Å². The van der Waals surface area contributed by atoms with Crippen molar-refractivity contribution in [3.05, 3.63) is 34.3 Å². The highest BCUT2D eigenvalue weighted by Crippen LogP contribution is 2.45. The summed E-state index contributed by atoms with van der Waals surface area (Å²) < 4.78 is 4.90. The number of carbonyl (C=O) groups is 1. The largest absolute Gasteiger partial charge is 0.417 e. The third-order valence-electron chi connectivity index (χ3n) is 3.57. The van der Waals surface area contributed by atoms with E-state index in [2.05, 4.69) is 10.3 Å². The Balaban J connectivity index is 1.71. The van der Waals surface area contributed by atoms with E-state index in [1.54, 1.807) is 18.2 Å². The zero-order valence-electron chi connectivity index (χ0n) is 10.2. The van der Waals surface area contributed by atoms with Crippen molar-refractivity contribution in [3.8, 4) is 0 Å². The van der Waals surface area contributed by atoms with Gasteiger partial charge in [0.1, 0.15) is 0 Å². The number of H-pyrrole nitrogens is 1. The highest BCUT2D eigenvalue weighted by Gasteiger charge is 2.49. The number of aliphatic hydroxyl groups is 1. The summed E-state index contributed by atoms with van der Waals surface area (Å²) in [4.78, 5) is 25.4. The summed E-state index contributed by atoms with van der Waals surface area (Å²) in [6, 6.07) is 5.24. The number of hydrogen-bond donors (Lipinski definition) is 3. The minimum Gasteiger partial charge on any atom is -0.408 e. The van der Waals surface area contributed by atoms with Crippen molar-refractivity contribution in [2.45, 2.75) is 19.4 Å². The minimum absolute atomic E-state index is 0.104. The molecule has 1 aliphatic carbocycles. The average Bonchev–Trinajstić information content (AvgIpc) is 3.12. The first-order valence-electron chi connectivity index (χ1n) is 6.14. The lowest BCUT2D eigenvalue weighted by Gasteiger charge is -2.12. The molecule has 0 saturated heterocycles. The van der Waals surface area contributed by atoms with E-state index < -0.39 is 11.2 Å². The molecule has 6 nitrogen and oxygen atoms in total. The van der Waals surface area contributed by atoms with Gasteiger partial charge in [0.15, 0.2) is 5.58 Å². The van der Waals surface area contributed by atoms with E-state index in [9.17, 15) is 9.59 Å². The number of aromatic nitrogens is 1. The summed E-state index contributed by atoms with van der Waals surface area (Å²) in [7, 11) is 0. The third-order valence-corrected chi connectivity index (χ3v) is 3.57. The third kappa shape index (κ3) is 2.15.